The highest BCUT2D eigenvalue weighted by atomic mass is 16.2. The van der Waals surface area contributed by atoms with Crippen LogP contribution in [0.1, 0.15) is 23.7 Å². The third kappa shape index (κ3) is 2.22. The third-order valence-electron chi connectivity index (χ3n) is 1.99. The van der Waals surface area contributed by atoms with E-state index in [1.165, 1.54) is 6.20 Å². The van der Waals surface area contributed by atoms with E-state index in [2.05, 4.69) is 4.98 Å². The van der Waals surface area contributed by atoms with Crippen LogP contribution < -0.4 is 5.73 Å². The Kier molecular flexibility index (Phi) is 3.45. The Labute approximate surface area is 83.7 Å². The van der Waals surface area contributed by atoms with Crippen molar-refractivity contribution in [1.82, 2.24) is 9.88 Å². The van der Waals surface area contributed by atoms with Crippen molar-refractivity contribution in [1.29, 1.82) is 0 Å². The Morgan fingerprint density at radius 3 is 2.93 bits per heavy atom. The molecule has 0 atom stereocenters. The van der Waals surface area contributed by atoms with E-state index >= 15 is 0 Å². The van der Waals surface area contributed by atoms with E-state index in [-0.39, 0.29) is 5.91 Å². The van der Waals surface area contributed by atoms with E-state index in [1.807, 2.05) is 6.92 Å². The number of carbonyl (C=O) groups is 1. The molecule has 1 heterocycles. The van der Waals surface area contributed by atoms with Crippen LogP contribution in [0.25, 0.3) is 0 Å². The Balaban J connectivity index is 2.84. The fraction of sp³-hybridized carbons (Fsp3) is 0.400. The predicted molar refractivity (Wildman–Crippen MR) is 55.9 cm³/mol. The molecular formula is C10H15N3O. The summed E-state index contributed by atoms with van der Waals surface area (Å²) in [6, 6.07) is 1.64. The standard InChI is InChI=1S/C10H15N3O/c1-3-6-13(2)10(14)8-4-5-12-7-9(8)11/h4-5,7H,3,6,11H2,1-2H3. The maximum Gasteiger partial charge on any atom is 0.255 e. The van der Waals surface area contributed by atoms with Gasteiger partial charge in [0.25, 0.3) is 5.91 Å². The maximum atomic E-state index is 11.8. The van der Waals surface area contributed by atoms with Crippen LogP contribution in [0.4, 0.5) is 5.69 Å². The van der Waals surface area contributed by atoms with E-state index in [9.17, 15) is 4.79 Å². The van der Waals surface area contributed by atoms with E-state index in [0.29, 0.717) is 11.3 Å². The Morgan fingerprint density at radius 1 is 1.64 bits per heavy atom. The minimum atomic E-state index is -0.0493. The van der Waals surface area contributed by atoms with E-state index in [4.69, 9.17) is 5.73 Å². The fourth-order valence-electron chi connectivity index (χ4n) is 1.24. The molecule has 0 fully saturated rings. The lowest BCUT2D eigenvalue weighted by Crippen LogP contribution is -2.28. The van der Waals surface area contributed by atoms with Crippen LogP contribution in [0.2, 0.25) is 0 Å². The summed E-state index contributed by atoms with van der Waals surface area (Å²) >= 11 is 0. The van der Waals surface area contributed by atoms with Crippen molar-refractivity contribution in [3.8, 4) is 0 Å². The van der Waals surface area contributed by atoms with Crippen LogP contribution in [0, 0.1) is 0 Å². The number of aromatic nitrogens is 1. The van der Waals surface area contributed by atoms with Gasteiger partial charge in [0, 0.05) is 19.8 Å². The zero-order valence-corrected chi connectivity index (χ0v) is 8.53. The maximum absolute atomic E-state index is 11.8. The highest BCUT2D eigenvalue weighted by molar-refractivity contribution is 5.98. The Hall–Kier alpha value is -1.58. The number of rotatable bonds is 3. The van der Waals surface area contributed by atoms with Crippen LogP contribution in [0.15, 0.2) is 18.5 Å². The van der Waals surface area contributed by atoms with Gasteiger partial charge in [0.2, 0.25) is 0 Å². The SMILES string of the molecule is CCCN(C)C(=O)c1ccncc1N. The first-order chi connectivity index (χ1) is 6.66. The summed E-state index contributed by atoms with van der Waals surface area (Å²) in [5.41, 5.74) is 6.60. The van der Waals surface area contributed by atoms with E-state index in [0.717, 1.165) is 13.0 Å². The summed E-state index contributed by atoms with van der Waals surface area (Å²) in [5.74, 6) is -0.0493. The minimum absolute atomic E-state index is 0.0493. The molecule has 2 N–H and O–H groups in total. The summed E-state index contributed by atoms with van der Waals surface area (Å²) in [7, 11) is 1.77. The highest BCUT2D eigenvalue weighted by Crippen LogP contribution is 2.11. The summed E-state index contributed by atoms with van der Waals surface area (Å²) < 4.78 is 0. The van der Waals surface area contributed by atoms with Gasteiger partial charge in [0.15, 0.2) is 0 Å². The van der Waals surface area contributed by atoms with Gasteiger partial charge in [-0.3, -0.25) is 9.78 Å². The zero-order chi connectivity index (χ0) is 10.6. The quantitative estimate of drug-likeness (QED) is 0.783. The van der Waals surface area contributed by atoms with Crippen molar-refractivity contribution in [2.24, 2.45) is 0 Å². The predicted octanol–water partition coefficient (Wildman–Crippen LogP) is 1.15. The number of carbonyl (C=O) groups excluding carboxylic acids is 1. The van der Waals surface area contributed by atoms with Crippen molar-refractivity contribution in [2.45, 2.75) is 13.3 Å². The monoisotopic (exact) mass is 193 g/mol. The van der Waals surface area contributed by atoms with Gasteiger partial charge in [-0.1, -0.05) is 6.92 Å². The second kappa shape index (κ2) is 4.60. The summed E-state index contributed by atoms with van der Waals surface area (Å²) in [6.45, 7) is 2.76. The summed E-state index contributed by atoms with van der Waals surface area (Å²) in [4.78, 5) is 17.3. The molecule has 0 unspecified atom stereocenters. The molecule has 0 saturated heterocycles. The molecular weight excluding hydrogens is 178 g/mol. The average molecular weight is 193 g/mol. The molecule has 1 rings (SSSR count). The van der Waals surface area contributed by atoms with Crippen LogP contribution in [-0.4, -0.2) is 29.4 Å². The number of nitrogens with two attached hydrogens (primary N) is 1. The number of anilines is 1. The van der Waals surface area contributed by atoms with Crippen molar-refractivity contribution in [2.75, 3.05) is 19.3 Å². The van der Waals surface area contributed by atoms with Crippen molar-refractivity contribution in [3.05, 3.63) is 24.0 Å². The van der Waals surface area contributed by atoms with Gasteiger partial charge in [0.05, 0.1) is 17.4 Å². The Morgan fingerprint density at radius 2 is 2.36 bits per heavy atom. The molecule has 14 heavy (non-hydrogen) atoms. The molecule has 1 amide bonds. The smallest absolute Gasteiger partial charge is 0.255 e. The molecule has 1 aromatic heterocycles. The zero-order valence-electron chi connectivity index (χ0n) is 8.53. The molecule has 4 heteroatoms. The minimum Gasteiger partial charge on any atom is -0.397 e. The largest absolute Gasteiger partial charge is 0.397 e. The molecule has 4 nitrogen and oxygen atoms in total. The molecule has 0 saturated carbocycles. The molecule has 0 bridgehead atoms. The summed E-state index contributed by atoms with van der Waals surface area (Å²) in [5, 5.41) is 0. The average Bonchev–Trinajstić information content (AvgIpc) is 2.18. The van der Waals surface area contributed by atoms with Gasteiger partial charge in [-0.25, -0.2) is 0 Å². The van der Waals surface area contributed by atoms with Crippen LogP contribution in [0.3, 0.4) is 0 Å². The molecule has 76 valence electrons. The lowest BCUT2D eigenvalue weighted by atomic mass is 10.2. The lowest BCUT2D eigenvalue weighted by Gasteiger charge is -2.16. The van der Waals surface area contributed by atoms with Crippen LogP contribution >= 0.6 is 0 Å². The first-order valence-electron chi connectivity index (χ1n) is 4.61. The van der Waals surface area contributed by atoms with Gasteiger partial charge in [-0.05, 0) is 12.5 Å². The van der Waals surface area contributed by atoms with Crippen molar-refractivity contribution >= 4 is 11.6 Å². The Bertz CT molecular complexity index is 325. The highest BCUT2D eigenvalue weighted by Gasteiger charge is 2.12. The lowest BCUT2D eigenvalue weighted by molar-refractivity contribution is 0.0796. The van der Waals surface area contributed by atoms with Gasteiger partial charge in [-0.2, -0.15) is 0 Å². The first-order valence-corrected chi connectivity index (χ1v) is 4.61. The molecule has 0 aliphatic heterocycles. The number of hydrogen-bond donors (Lipinski definition) is 1. The van der Waals surface area contributed by atoms with Gasteiger partial charge < -0.3 is 10.6 Å². The van der Waals surface area contributed by atoms with Crippen molar-refractivity contribution in [3.63, 3.8) is 0 Å². The van der Waals surface area contributed by atoms with Gasteiger partial charge >= 0.3 is 0 Å². The van der Waals surface area contributed by atoms with Crippen LogP contribution in [0.5, 0.6) is 0 Å². The molecule has 1 aromatic rings. The number of hydrogen-bond acceptors (Lipinski definition) is 3. The van der Waals surface area contributed by atoms with Crippen molar-refractivity contribution < 1.29 is 4.79 Å². The molecule has 0 spiro atoms. The molecule has 0 radical (unpaired) electrons. The summed E-state index contributed by atoms with van der Waals surface area (Å²) in [6.07, 6.45) is 4.00. The van der Waals surface area contributed by atoms with Gasteiger partial charge in [0.1, 0.15) is 0 Å². The van der Waals surface area contributed by atoms with Crippen LogP contribution in [-0.2, 0) is 0 Å². The topological polar surface area (TPSA) is 59.2 Å². The molecule has 0 aliphatic rings. The van der Waals surface area contributed by atoms with E-state index in [1.54, 1.807) is 24.2 Å². The first kappa shape index (κ1) is 10.5. The normalized spacial score (nSPS) is 9.86. The molecule has 0 aliphatic carbocycles. The number of pyridine rings is 1. The number of nitrogens with zero attached hydrogens (tertiary/aromatic N) is 2. The second-order valence-electron chi connectivity index (χ2n) is 3.19. The number of amides is 1. The second-order valence-corrected chi connectivity index (χ2v) is 3.19. The van der Waals surface area contributed by atoms with Gasteiger partial charge in [-0.15, -0.1) is 0 Å². The molecule has 0 aromatic carbocycles. The number of nitrogen functional groups attached to an aromatic ring is 1. The van der Waals surface area contributed by atoms with E-state index < -0.39 is 0 Å². The fourth-order valence-corrected chi connectivity index (χ4v) is 1.24. The third-order valence-corrected chi connectivity index (χ3v) is 1.99.